The van der Waals surface area contributed by atoms with Gasteiger partial charge in [-0.2, -0.15) is 4.98 Å². The number of aryl methyl sites for hydroxylation is 1. The minimum absolute atomic E-state index is 0.184. The number of carbonyl (C=O) groups is 2. The monoisotopic (exact) mass is 471 g/mol. The lowest BCUT2D eigenvalue weighted by atomic mass is 10.2. The summed E-state index contributed by atoms with van der Waals surface area (Å²) in [6.45, 7) is 2.44. The van der Waals surface area contributed by atoms with Gasteiger partial charge in [0.25, 0.3) is 0 Å². The molecule has 30 heavy (non-hydrogen) atoms. The molecule has 3 aromatic rings. The molecule has 0 atom stereocenters. The van der Waals surface area contributed by atoms with Crippen molar-refractivity contribution < 1.29 is 18.8 Å². The maximum absolute atomic E-state index is 12.2. The summed E-state index contributed by atoms with van der Waals surface area (Å²) in [4.78, 5) is 28.4. The Labute approximate surface area is 183 Å². The van der Waals surface area contributed by atoms with Gasteiger partial charge in [-0.15, -0.1) is 0 Å². The highest BCUT2D eigenvalue weighted by atomic mass is 79.9. The molecule has 0 spiro atoms. The van der Waals surface area contributed by atoms with Gasteiger partial charge in [0, 0.05) is 28.6 Å². The third-order valence-electron chi connectivity index (χ3n) is 4.27. The van der Waals surface area contributed by atoms with E-state index in [0.29, 0.717) is 36.0 Å². The summed E-state index contributed by atoms with van der Waals surface area (Å²) in [5.74, 6) is 0.337. The van der Waals surface area contributed by atoms with Crippen molar-refractivity contribution in [3.63, 3.8) is 0 Å². The number of aromatic nitrogens is 2. The predicted octanol–water partition coefficient (Wildman–Crippen LogP) is 5.03. The molecule has 1 N–H and O–H groups in total. The van der Waals surface area contributed by atoms with E-state index in [-0.39, 0.29) is 18.3 Å². The number of benzene rings is 2. The molecule has 3 rings (SSSR count). The number of unbranched alkanes of at least 4 members (excludes halogenated alkanes) is 1. The van der Waals surface area contributed by atoms with E-state index in [1.54, 1.807) is 24.3 Å². The molecule has 0 fully saturated rings. The molecule has 0 aliphatic heterocycles. The van der Waals surface area contributed by atoms with Crippen molar-refractivity contribution in [1.82, 2.24) is 10.1 Å². The molecule has 2 aromatic carbocycles. The zero-order valence-electron chi connectivity index (χ0n) is 16.6. The van der Waals surface area contributed by atoms with Gasteiger partial charge in [0.05, 0.1) is 12.2 Å². The van der Waals surface area contributed by atoms with Crippen molar-refractivity contribution >= 4 is 33.5 Å². The van der Waals surface area contributed by atoms with Crippen molar-refractivity contribution in [2.75, 3.05) is 11.9 Å². The second-order valence-corrected chi connectivity index (χ2v) is 7.55. The van der Waals surface area contributed by atoms with Gasteiger partial charge < -0.3 is 14.6 Å². The smallest absolute Gasteiger partial charge is 0.338 e. The van der Waals surface area contributed by atoms with Crippen LogP contribution in [-0.2, 0) is 16.0 Å². The van der Waals surface area contributed by atoms with Gasteiger partial charge in [-0.25, -0.2) is 4.79 Å². The van der Waals surface area contributed by atoms with Gasteiger partial charge in [-0.3, -0.25) is 4.79 Å². The second-order valence-electron chi connectivity index (χ2n) is 6.63. The van der Waals surface area contributed by atoms with Gasteiger partial charge in [0.15, 0.2) is 0 Å². The Bertz CT molecular complexity index is 984. The molecular formula is C22H22BrN3O4. The molecule has 1 amide bonds. The minimum atomic E-state index is -0.362. The molecule has 0 saturated heterocycles. The van der Waals surface area contributed by atoms with E-state index in [0.717, 1.165) is 22.9 Å². The van der Waals surface area contributed by atoms with Crippen LogP contribution in [0.5, 0.6) is 0 Å². The highest BCUT2D eigenvalue weighted by Gasteiger charge is 2.12. The zero-order chi connectivity index (χ0) is 21.3. The average molecular weight is 472 g/mol. The van der Waals surface area contributed by atoms with E-state index in [2.05, 4.69) is 31.4 Å². The molecule has 7 nitrogen and oxygen atoms in total. The third-order valence-corrected chi connectivity index (χ3v) is 4.80. The van der Waals surface area contributed by atoms with Crippen LogP contribution in [0.4, 0.5) is 5.69 Å². The lowest BCUT2D eigenvalue weighted by molar-refractivity contribution is -0.116. The number of hydrogen-bond acceptors (Lipinski definition) is 6. The first-order valence-corrected chi connectivity index (χ1v) is 10.5. The van der Waals surface area contributed by atoms with Crippen LogP contribution < -0.4 is 5.32 Å². The summed E-state index contributed by atoms with van der Waals surface area (Å²) in [6, 6.07) is 14.2. The van der Waals surface area contributed by atoms with E-state index in [9.17, 15) is 9.59 Å². The molecule has 0 unspecified atom stereocenters. The molecule has 0 bridgehead atoms. The van der Waals surface area contributed by atoms with Crippen LogP contribution in [0.25, 0.3) is 11.4 Å². The fourth-order valence-corrected chi connectivity index (χ4v) is 2.86. The van der Waals surface area contributed by atoms with Crippen LogP contribution in [-0.4, -0.2) is 28.6 Å². The van der Waals surface area contributed by atoms with Crippen LogP contribution >= 0.6 is 15.9 Å². The van der Waals surface area contributed by atoms with Gasteiger partial charge in [-0.1, -0.05) is 34.4 Å². The molecular weight excluding hydrogens is 450 g/mol. The number of nitrogens with zero attached hydrogens (tertiary/aromatic N) is 2. The van der Waals surface area contributed by atoms with Crippen LogP contribution in [0.3, 0.4) is 0 Å². The highest BCUT2D eigenvalue weighted by Crippen LogP contribution is 2.19. The average Bonchev–Trinajstić information content (AvgIpc) is 3.22. The molecule has 156 valence electrons. The Morgan fingerprint density at radius 1 is 1.10 bits per heavy atom. The number of rotatable bonds is 9. The molecule has 0 aliphatic carbocycles. The fraction of sp³-hybridized carbons (Fsp3) is 0.273. The SMILES string of the molecule is CCCCOC(=O)c1ccc(NC(=O)CCc2nc(-c3ccc(Br)cc3)no2)cc1. The number of halogens is 1. The molecule has 0 aliphatic rings. The van der Waals surface area contributed by atoms with Gasteiger partial charge in [0.2, 0.25) is 17.6 Å². The Morgan fingerprint density at radius 3 is 2.53 bits per heavy atom. The first-order chi connectivity index (χ1) is 14.5. The maximum Gasteiger partial charge on any atom is 0.338 e. The van der Waals surface area contributed by atoms with Crippen LogP contribution in [0.2, 0.25) is 0 Å². The molecule has 0 radical (unpaired) electrons. The van der Waals surface area contributed by atoms with Crippen molar-refractivity contribution in [3.05, 3.63) is 64.5 Å². The number of amides is 1. The summed E-state index contributed by atoms with van der Waals surface area (Å²) < 4.78 is 11.4. The van der Waals surface area contributed by atoms with E-state index in [1.165, 1.54) is 0 Å². The number of ether oxygens (including phenoxy) is 1. The fourth-order valence-electron chi connectivity index (χ4n) is 2.60. The van der Waals surface area contributed by atoms with E-state index in [4.69, 9.17) is 9.26 Å². The molecule has 1 heterocycles. The van der Waals surface area contributed by atoms with Crippen LogP contribution in [0.15, 0.2) is 57.5 Å². The Balaban J connectivity index is 1.48. The summed E-state index contributed by atoms with van der Waals surface area (Å²) in [7, 11) is 0. The van der Waals surface area contributed by atoms with Gasteiger partial charge in [0.1, 0.15) is 0 Å². The standard InChI is InChI=1S/C22H22BrN3O4/c1-2-3-14-29-22(28)16-6-10-18(11-7-16)24-19(27)12-13-20-25-21(26-30-20)15-4-8-17(23)9-5-15/h4-11H,2-3,12-14H2,1H3,(H,24,27). The minimum Gasteiger partial charge on any atom is -0.462 e. The Hall–Kier alpha value is -3.00. The first kappa shape index (κ1) is 21.7. The van der Waals surface area contributed by atoms with Crippen molar-refractivity contribution in [2.45, 2.75) is 32.6 Å². The number of nitrogens with one attached hydrogen (secondary N) is 1. The molecule has 1 aromatic heterocycles. The maximum atomic E-state index is 12.2. The molecule has 0 saturated carbocycles. The van der Waals surface area contributed by atoms with E-state index >= 15 is 0 Å². The summed E-state index contributed by atoms with van der Waals surface area (Å²) >= 11 is 3.38. The number of esters is 1. The summed E-state index contributed by atoms with van der Waals surface area (Å²) in [6.07, 6.45) is 2.33. The number of hydrogen-bond donors (Lipinski definition) is 1. The highest BCUT2D eigenvalue weighted by molar-refractivity contribution is 9.10. The van der Waals surface area contributed by atoms with Crippen LogP contribution in [0.1, 0.15) is 42.4 Å². The lowest BCUT2D eigenvalue weighted by Gasteiger charge is -2.06. The van der Waals surface area contributed by atoms with E-state index in [1.807, 2.05) is 31.2 Å². The summed E-state index contributed by atoms with van der Waals surface area (Å²) in [5.41, 5.74) is 1.90. The predicted molar refractivity (Wildman–Crippen MR) is 116 cm³/mol. The first-order valence-electron chi connectivity index (χ1n) is 9.70. The van der Waals surface area contributed by atoms with Crippen molar-refractivity contribution in [2.24, 2.45) is 0 Å². The van der Waals surface area contributed by atoms with Gasteiger partial charge >= 0.3 is 5.97 Å². The summed E-state index contributed by atoms with van der Waals surface area (Å²) in [5, 5.41) is 6.74. The van der Waals surface area contributed by atoms with Crippen molar-refractivity contribution in [3.8, 4) is 11.4 Å². The zero-order valence-corrected chi connectivity index (χ0v) is 18.1. The second kappa shape index (κ2) is 10.7. The topological polar surface area (TPSA) is 94.3 Å². The largest absolute Gasteiger partial charge is 0.462 e. The van der Waals surface area contributed by atoms with Crippen molar-refractivity contribution in [1.29, 1.82) is 0 Å². The molecule has 8 heteroatoms. The Kier molecular flexibility index (Phi) is 7.73. The Morgan fingerprint density at radius 2 is 1.83 bits per heavy atom. The normalized spacial score (nSPS) is 10.6. The van der Waals surface area contributed by atoms with E-state index < -0.39 is 0 Å². The quantitative estimate of drug-likeness (QED) is 0.347. The third kappa shape index (κ3) is 6.25. The number of carbonyl (C=O) groups excluding carboxylic acids is 2. The van der Waals surface area contributed by atoms with Crippen LogP contribution in [0, 0.1) is 0 Å². The lowest BCUT2D eigenvalue weighted by Crippen LogP contribution is -2.13. The number of anilines is 1. The van der Waals surface area contributed by atoms with Gasteiger partial charge in [-0.05, 0) is 55.0 Å².